The van der Waals surface area contributed by atoms with Gasteiger partial charge in [-0.15, -0.1) is 0 Å². The summed E-state index contributed by atoms with van der Waals surface area (Å²) in [5.41, 5.74) is 2.50. The van der Waals surface area contributed by atoms with E-state index in [9.17, 15) is 19.2 Å². The molecule has 0 saturated carbocycles. The van der Waals surface area contributed by atoms with E-state index in [4.69, 9.17) is 27.9 Å². The minimum absolute atomic E-state index is 0.127. The maximum absolute atomic E-state index is 13.1. The Kier molecular flexibility index (Phi) is 7.85. The lowest BCUT2D eigenvalue weighted by Gasteiger charge is -2.16. The normalized spacial score (nSPS) is 13.3. The quantitative estimate of drug-likeness (QED) is 0.279. The molecular weight excluding hydrogens is 529 g/mol. The van der Waals surface area contributed by atoms with Gasteiger partial charge in [0.25, 0.3) is 17.7 Å². The molecule has 3 aromatic carbocycles. The van der Waals surface area contributed by atoms with Gasteiger partial charge in [0.2, 0.25) is 0 Å². The molecule has 0 spiro atoms. The van der Waals surface area contributed by atoms with E-state index in [1.165, 1.54) is 18.2 Å². The number of anilines is 3. The van der Waals surface area contributed by atoms with Crippen molar-refractivity contribution in [1.29, 1.82) is 0 Å². The number of hydrogen-bond donors (Lipinski definition) is 2. The summed E-state index contributed by atoms with van der Waals surface area (Å²) in [6.07, 6.45) is -0.327. The van der Waals surface area contributed by atoms with E-state index in [2.05, 4.69) is 10.6 Å². The molecule has 0 aliphatic carbocycles. The van der Waals surface area contributed by atoms with E-state index in [1.54, 1.807) is 62.4 Å². The highest BCUT2D eigenvalue weighted by Gasteiger charge is 2.39. The third-order valence-electron chi connectivity index (χ3n) is 5.56. The number of rotatable bonds is 7. The summed E-state index contributed by atoms with van der Waals surface area (Å²) < 4.78 is 5.19. The molecule has 1 aliphatic heterocycles. The number of carbonyl (C=O) groups excluding carboxylic acids is 4. The molecule has 38 heavy (non-hydrogen) atoms. The molecule has 0 fully saturated rings. The van der Waals surface area contributed by atoms with Crippen LogP contribution in [0, 0.1) is 6.92 Å². The van der Waals surface area contributed by atoms with Crippen LogP contribution < -0.4 is 15.5 Å². The zero-order chi connectivity index (χ0) is 27.6. The van der Waals surface area contributed by atoms with Crippen LogP contribution in [0.1, 0.15) is 40.1 Å². The number of nitrogens with one attached hydrogen (secondary N) is 2. The summed E-state index contributed by atoms with van der Waals surface area (Å²) in [5.74, 6) is -2.34. The van der Waals surface area contributed by atoms with Gasteiger partial charge in [-0.1, -0.05) is 35.3 Å². The Morgan fingerprint density at radius 1 is 0.868 bits per heavy atom. The Bertz CT molecular complexity index is 1480. The SMILES string of the molecule is Cc1ccc(NC(=O)c2ccc(NC3=C(Cl)C(=O)N(c4cccc(C(=O)OC(C)C)c4)C3=O)cc2)cc1Cl. The highest BCUT2D eigenvalue weighted by atomic mass is 35.5. The molecule has 2 N–H and O–H groups in total. The van der Waals surface area contributed by atoms with Crippen LogP contribution in [0.2, 0.25) is 5.02 Å². The van der Waals surface area contributed by atoms with Gasteiger partial charge in [-0.25, -0.2) is 9.69 Å². The molecule has 194 valence electrons. The fourth-order valence-electron chi connectivity index (χ4n) is 3.62. The number of carbonyl (C=O) groups is 4. The van der Waals surface area contributed by atoms with Crippen LogP contribution in [-0.4, -0.2) is 29.8 Å². The lowest BCUT2D eigenvalue weighted by molar-refractivity contribution is -0.120. The van der Waals surface area contributed by atoms with Crippen LogP contribution in [-0.2, 0) is 14.3 Å². The van der Waals surface area contributed by atoms with Crippen LogP contribution in [0.5, 0.6) is 0 Å². The molecule has 0 saturated heterocycles. The van der Waals surface area contributed by atoms with E-state index < -0.39 is 17.8 Å². The Morgan fingerprint density at radius 3 is 2.21 bits per heavy atom. The van der Waals surface area contributed by atoms with E-state index in [0.29, 0.717) is 22.0 Å². The number of halogens is 2. The van der Waals surface area contributed by atoms with Crippen LogP contribution in [0.4, 0.5) is 17.1 Å². The molecule has 4 rings (SSSR count). The number of ether oxygens (including phenoxy) is 1. The van der Waals surface area contributed by atoms with Gasteiger partial charge in [0.1, 0.15) is 10.7 Å². The van der Waals surface area contributed by atoms with Crippen LogP contribution in [0.25, 0.3) is 0 Å². The number of esters is 1. The summed E-state index contributed by atoms with van der Waals surface area (Å²) in [5, 5.41) is 5.87. The lowest BCUT2D eigenvalue weighted by Crippen LogP contribution is -2.32. The second kappa shape index (κ2) is 11.1. The molecule has 3 aromatic rings. The van der Waals surface area contributed by atoms with Crippen molar-refractivity contribution in [2.24, 2.45) is 0 Å². The number of hydrogen-bond acceptors (Lipinski definition) is 6. The molecule has 1 aliphatic rings. The van der Waals surface area contributed by atoms with Gasteiger partial charge in [0, 0.05) is 22.0 Å². The number of nitrogens with zero attached hydrogens (tertiary/aromatic N) is 1. The number of imide groups is 1. The number of amides is 3. The summed E-state index contributed by atoms with van der Waals surface area (Å²) in [6.45, 7) is 5.30. The first-order valence-corrected chi connectivity index (χ1v) is 12.3. The predicted molar refractivity (Wildman–Crippen MR) is 147 cm³/mol. The van der Waals surface area contributed by atoms with Gasteiger partial charge < -0.3 is 15.4 Å². The van der Waals surface area contributed by atoms with Gasteiger partial charge in [0.05, 0.1) is 17.4 Å². The molecule has 0 unspecified atom stereocenters. The second-order valence-corrected chi connectivity index (χ2v) is 9.54. The second-order valence-electron chi connectivity index (χ2n) is 8.76. The fraction of sp³-hybridized carbons (Fsp3) is 0.143. The van der Waals surface area contributed by atoms with Crippen molar-refractivity contribution >= 4 is 64.0 Å². The van der Waals surface area contributed by atoms with Crippen molar-refractivity contribution in [2.45, 2.75) is 26.9 Å². The monoisotopic (exact) mass is 551 g/mol. The molecule has 0 atom stereocenters. The molecule has 1 heterocycles. The summed E-state index contributed by atoms with van der Waals surface area (Å²) in [6, 6.07) is 17.5. The van der Waals surface area contributed by atoms with E-state index in [-0.39, 0.29) is 34.0 Å². The van der Waals surface area contributed by atoms with Crippen molar-refractivity contribution in [3.05, 3.63) is 99.2 Å². The minimum Gasteiger partial charge on any atom is -0.459 e. The van der Waals surface area contributed by atoms with Gasteiger partial charge >= 0.3 is 5.97 Å². The van der Waals surface area contributed by atoms with Crippen molar-refractivity contribution in [3.63, 3.8) is 0 Å². The average molecular weight is 552 g/mol. The average Bonchev–Trinajstić information content (AvgIpc) is 3.09. The van der Waals surface area contributed by atoms with Crippen molar-refractivity contribution in [1.82, 2.24) is 0 Å². The van der Waals surface area contributed by atoms with Crippen molar-refractivity contribution in [3.8, 4) is 0 Å². The van der Waals surface area contributed by atoms with Crippen molar-refractivity contribution in [2.75, 3.05) is 15.5 Å². The number of aryl methyl sites for hydroxylation is 1. The first kappa shape index (κ1) is 26.9. The molecule has 3 amide bonds. The van der Waals surface area contributed by atoms with Gasteiger partial charge in [-0.2, -0.15) is 0 Å². The molecule has 10 heteroatoms. The standard InChI is InChI=1S/C28H23Cl2N3O5/c1-15(2)38-28(37)18-5-4-6-21(13-18)33-26(35)23(30)24(27(33)36)31-19-11-8-17(9-12-19)25(34)32-20-10-7-16(3)22(29)14-20/h4-15,31H,1-3H3,(H,32,34). The highest BCUT2D eigenvalue weighted by molar-refractivity contribution is 6.53. The first-order valence-electron chi connectivity index (χ1n) is 11.6. The van der Waals surface area contributed by atoms with Crippen molar-refractivity contribution < 1.29 is 23.9 Å². The largest absolute Gasteiger partial charge is 0.459 e. The third kappa shape index (κ3) is 5.72. The Morgan fingerprint density at radius 2 is 1.55 bits per heavy atom. The Hall–Kier alpha value is -4.14. The Balaban J connectivity index is 1.47. The van der Waals surface area contributed by atoms with Gasteiger partial charge in [-0.05, 0) is 80.9 Å². The third-order valence-corrected chi connectivity index (χ3v) is 6.31. The molecule has 0 aromatic heterocycles. The minimum atomic E-state index is -0.735. The summed E-state index contributed by atoms with van der Waals surface area (Å²) in [4.78, 5) is 51.7. The zero-order valence-corrected chi connectivity index (χ0v) is 22.2. The summed E-state index contributed by atoms with van der Waals surface area (Å²) in [7, 11) is 0. The fourth-order valence-corrected chi connectivity index (χ4v) is 4.02. The van der Waals surface area contributed by atoms with E-state index in [1.807, 2.05) is 6.92 Å². The van der Waals surface area contributed by atoms with Gasteiger partial charge in [-0.3, -0.25) is 14.4 Å². The predicted octanol–water partition coefficient (Wildman–Crippen LogP) is 5.90. The molecular formula is C28H23Cl2N3O5. The molecule has 8 nitrogen and oxygen atoms in total. The summed E-state index contributed by atoms with van der Waals surface area (Å²) >= 11 is 12.3. The number of benzene rings is 3. The molecule has 0 radical (unpaired) electrons. The molecule has 0 bridgehead atoms. The van der Waals surface area contributed by atoms with Crippen LogP contribution in [0.15, 0.2) is 77.5 Å². The van der Waals surface area contributed by atoms with Crippen LogP contribution in [0.3, 0.4) is 0 Å². The van der Waals surface area contributed by atoms with E-state index >= 15 is 0 Å². The lowest BCUT2D eigenvalue weighted by atomic mass is 10.1. The zero-order valence-electron chi connectivity index (χ0n) is 20.7. The first-order chi connectivity index (χ1) is 18.0. The topological polar surface area (TPSA) is 105 Å². The maximum atomic E-state index is 13.1. The van der Waals surface area contributed by atoms with E-state index in [0.717, 1.165) is 10.5 Å². The van der Waals surface area contributed by atoms with Gasteiger partial charge in [0.15, 0.2) is 0 Å². The maximum Gasteiger partial charge on any atom is 0.338 e. The smallest absolute Gasteiger partial charge is 0.338 e. The van der Waals surface area contributed by atoms with Crippen LogP contribution >= 0.6 is 23.2 Å². The Labute approximate surface area is 229 Å². The highest BCUT2D eigenvalue weighted by Crippen LogP contribution is 2.31.